The molecular weight excluding hydrogens is 397 g/mol. The van der Waals surface area contributed by atoms with Crippen molar-refractivity contribution >= 4 is 14.6 Å². The Hall–Kier alpha value is -0.340. The molecule has 176 valence electrons. The molecule has 0 aliphatic rings. The quantitative estimate of drug-likeness (QED) is 0.166. The summed E-state index contributed by atoms with van der Waals surface area (Å²) in [7, 11) is 3.81. The van der Waals surface area contributed by atoms with Gasteiger partial charge in [-0.2, -0.15) is 0 Å². The van der Waals surface area contributed by atoms with Gasteiger partial charge < -0.3 is 33.7 Å². The monoisotopic (exact) mass is 441 g/mol. The SMILES string of the molecule is CCCCCCCCOCCCCCOP(O)O[C@H](CC(=O)O)C[N+](C)(C)C.[OH-]. The molecule has 0 bridgehead atoms. The highest BCUT2D eigenvalue weighted by molar-refractivity contribution is 7.40. The summed E-state index contributed by atoms with van der Waals surface area (Å²) in [6.07, 6.45) is 9.71. The van der Waals surface area contributed by atoms with E-state index in [2.05, 4.69) is 6.92 Å². The Balaban J connectivity index is 0. The Labute approximate surface area is 178 Å². The summed E-state index contributed by atoms with van der Waals surface area (Å²) in [5.74, 6) is -0.942. The Kier molecular flexibility index (Phi) is 20.9. The minimum absolute atomic E-state index is 0. The van der Waals surface area contributed by atoms with Crippen molar-refractivity contribution in [2.75, 3.05) is 47.5 Å². The van der Waals surface area contributed by atoms with E-state index in [0.29, 0.717) is 17.6 Å². The molecule has 0 heterocycles. The number of ether oxygens (including phenoxy) is 1. The average molecular weight is 442 g/mol. The minimum atomic E-state index is -2.05. The van der Waals surface area contributed by atoms with Gasteiger partial charge in [0, 0.05) is 13.2 Å². The highest BCUT2D eigenvalue weighted by Crippen LogP contribution is 2.35. The summed E-state index contributed by atoms with van der Waals surface area (Å²) in [5, 5.41) is 8.98. The molecule has 0 aromatic heterocycles. The number of likely N-dealkylation sites (N-methyl/N-ethyl adjacent to an activating group) is 1. The van der Waals surface area contributed by atoms with Crippen molar-refractivity contribution in [1.82, 2.24) is 0 Å². The molecule has 0 radical (unpaired) electrons. The van der Waals surface area contributed by atoms with Gasteiger partial charge in [-0.05, 0) is 25.7 Å². The van der Waals surface area contributed by atoms with E-state index >= 15 is 0 Å². The molecular formula is C20H44NO7P. The first-order chi connectivity index (χ1) is 13.2. The number of rotatable bonds is 20. The van der Waals surface area contributed by atoms with Crippen LogP contribution in [-0.2, 0) is 18.6 Å². The van der Waals surface area contributed by atoms with Crippen molar-refractivity contribution < 1.29 is 38.5 Å². The second-order valence-electron chi connectivity index (χ2n) is 8.31. The molecule has 0 fully saturated rings. The van der Waals surface area contributed by atoms with Gasteiger partial charge in [-0.25, -0.2) is 0 Å². The number of quaternary nitrogens is 1. The van der Waals surface area contributed by atoms with Gasteiger partial charge in [-0.15, -0.1) is 0 Å². The zero-order valence-electron chi connectivity index (χ0n) is 18.8. The minimum Gasteiger partial charge on any atom is -0.870 e. The van der Waals surface area contributed by atoms with E-state index in [-0.39, 0.29) is 11.9 Å². The maximum absolute atomic E-state index is 10.9. The lowest BCUT2D eigenvalue weighted by Crippen LogP contribution is -2.42. The van der Waals surface area contributed by atoms with Gasteiger partial charge in [-0.1, -0.05) is 39.0 Å². The van der Waals surface area contributed by atoms with Crippen LogP contribution in [0.5, 0.6) is 0 Å². The van der Waals surface area contributed by atoms with Crippen LogP contribution in [0.25, 0.3) is 0 Å². The van der Waals surface area contributed by atoms with E-state index < -0.39 is 20.7 Å². The first-order valence-electron chi connectivity index (χ1n) is 10.6. The standard InChI is InChI=1S/C20H42NO6P.H2O/c1-5-6-7-8-9-11-14-25-15-12-10-13-16-26-28(24)27-19(17-20(22)23)18-21(2,3)4;/h19,24H,5-18H2,1-4H3;1H2/t19-,28?;/m1./s1. The van der Waals surface area contributed by atoms with Crippen LogP contribution in [0.2, 0.25) is 0 Å². The summed E-state index contributed by atoms with van der Waals surface area (Å²) in [6, 6.07) is 0. The molecule has 0 aromatic rings. The summed E-state index contributed by atoms with van der Waals surface area (Å²) in [6.45, 7) is 4.74. The first kappa shape index (κ1) is 30.9. The van der Waals surface area contributed by atoms with Crippen LogP contribution < -0.4 is 0 Å². The number of nitrogens with zero attached hydrogens (tertiary/aromatic N) is 1. The van der Waals surface area contributed by atoms with Gasteiger partial charge in [0.1, 0.15) is 12.6 Å². The summed E-state index contributed by atoms with van der Waals surface area (Å²) in [5.41, 5.74) is 0. The van der Waals surface area contributed by atoms with Crippen molar-refractivity contribution in [2.45, 2.75) is 77.2 Å². The molecule has 1 unspecified atom stereocenters. The van der Waals surface area contributed by atoms with Gasteiger partial charge in [-0.3, -0.25) is 4.79 Å². The molecule has 2 atom stereocenters. The zero-order valence-corrected chi connectivity index (χ0v) is 19.7. The largest absolute Gasteiger partial charge is 0.870 e. The van der Waals surface area contributed by atoms with Gasteiger partial charge >= 0.3 is 14.6 Å². The van der Waals surface area contributed by atoms with Crippen molar-refractivity contribution in [3.63, 3.8) is 0 Å². The van der Waals surface area contributed by atoms with Gasteiger partial charge in [0.15, 0.2) is 0 Å². The summed E-state index contributed by atoms with van der Waals surface area (Å²) < 4.78 is 16.9. The molecule has 0 amide bonds. The predicted molar refractivity (Wildman–Crippen MR) is 115 cm³/mol. The van der Waals surface area contributed by atoms with Crippen LogP contribution in [0, 0.1) is 0 Å². The van der Waals surface area contributed by atoms with Crippen LogP contribution in [0.15, 0.2) is 0 Å². The van der Waals surface area contributed by atoms with E-state index in [1.807, 2.05) is 21.1 Å². The zero-order chi connectivity index (χ0) is 21.3. The second kappa shape index (κ2) is 19.6. The number of carboxylic acids is 1. The number of hydrogen-bond acceptors (Lipinski definition) is 6. The molecule has 8 nitrogen and oxygen atoms in total. The molecule has 0 aromatic carbocycles. The number of hydrogen-bond donors (Lipinski definition) is 2. The van der Waals surface area contributed by atoms with Crippen LogP contribution in [0.1, 0.15) is 71.1 Å². The van der Waals surface area contributed by atoms with Crippen LogP contribution in [0.3, 0.4) is 0 Å². The Morgan fingerprint density at radius 2 is 1.45 bits per heavy atom. The fraction of sp³-hybridized carbons (Fsp3) is 0.950. The summed E-state index contributed by atoms with van der Waals surface area (Å²) >= 11 is 0. The highest BCUT2D eigenvalue weighted by atomic mass is 31.2. The maximum atomic E-state index is 10.9. The lowest BCUT2D eigenvalue weighted by molar-refractivity contribution is -0.873. The fourth-order valence-electron chi connectivity index (χ4n) is 2.81. The van der Waals surface area contributed by atoms with Crippen molar-refractivity contribution in [3.8, 4) is 0 Å². The van der Waals surface area contributed by atoms with Crippen LogP contribution in [-0.4, -0.2) is 79.5 Å². The molecule has 0 aliphatic carbocycles. The molecule has 0 saturated heterocycles. The lowest BCUT2D eigenvalue weighted by Gasteiger charge is -2.29. The van der Waals surface area contributed by atoms with E-state index in [1.165, 1.54) is 32.1 Å². The number of carbonyl (C=O) groups is 1. The molecule has 9 heteroatoms. The van der Waals surface area contributed by atoms with Gasteiger partial charge in [0.25, 0.3) is 0 Å². The van der Waals surface area contributed by atoms with E-state index in [9.17, 15) is 9.69 Å². The molecule has 29 heavy (non-hydrogen) atoms. The number of aliphatic carboxylic acids is 1. The highest BCUT2D eigenvalue weighted by Gasteiger charge is 2.25. The first-order valence-corrected chi connectivity index (χ1v) is 11.8. The molecule has 3 N–H and O–H groups in total. The van der Waals surface area contributed by atoms with Crippen LogP contribution in [0.4, 0.5) is 0 Å². The lowest BCUT2D eigenvalue weighted by atomic mass is 10.1. The average Bonchev–Trinajstić information content (AvgIpc) is 2.56. The Morgan fingerprint density at radius 3 is 2.00 bits per heavy atom. The fourth-order valence-corrected chi connectivity index (χ4v) is 3.55. The van der Waals surface area contributed by atoms with Gasteiger partial charge in [0.05, 0.1) is 34.2 Å². The third-order valence-corrected chi connectivity index (χ3v) is 5.05. The molecule has 0 rings (SSSR count). The van der Waals surface area contributed by atoms with Crippen molar-refractivity contribution in [3.05, 3.63) is 0 Å². The topological polar surface area (TPSA) is 115 Å². The number of carboxylic acid groups (broad SMARTS) is 1. The Bertz CT molecular complexity index is 380. The van der Waals surface area contributed by atoms with Crippen molar-refractivity contribution in [1.29, 1.82) is 0 Å². The van der Waals surface area contributed by atoms with Gasteiger partial charge in [0.2, 0.25) is 0 Å². The molecule has 0 aliphatic heterocycles. The van der Waals surface area contributed by atoms with E-state index in [1.54, 1.807) is 0 Å². The molecule has 0 spiro atoms. The third kappa shape index (κ3) is 23.8. The number of unbranched alkanes of at least 4 members (excludes halogenated alkanes) is 7. The van der Waals surface area contributed by atoms with Crippen molar-refractivity contribution in [2.24, 2.45) is 0 Å². The van der Waals surface area contributed by atoms with Crippen LogP contribution >= 0.6 is 8.60 Å². The normalized spacial score (nSPS) is 13.7. The van der Waals surface area contributed by atoms with E-state index in [4.69, 9.17) is 18.9 Å². The van der Waals surface area contributed by atoms with E-state index in [0.717, 1.165) is 38.9 Å². The maximum Gasteiger partial charge on any atom is 0.330 e. The predicted octanol–water partition coefficient (Wildman–Crippen LogP) is 4.16. The second-order valence-corrected chi connectivity index (χ2v) is 9.25. The molecule has 0 saturated carbocycles. The third-order valence-electron chi connectivity index (χ3n) is 4.17. The summed E-state index contributed by atoms with van der Waals surface area (Å²) in [4.78, 5) is 20.9. The smallest absolute Gasteiger partial charge is 0.330 e. The Morgan fingerprint density at radius 1 is 0.931 bits per heavy atom.